The molecule has 9 aromatic rings. The van der Waals surface area contributed by atoms with Crippen LogP contribution < -0.4 is 0 Å². The lowest BCUT2D eigenvalue weighted by atomic mass is 9.90. The van der Waals surface area contributed by atoms with E-state index in [1.54, 1.807) is 0 Å². The highest BCUT2D eigenvalue weighted by Gasteiger charge is 2.18. The third-order valence-corrected chi connectivity index (χ3v) is 10.3. The first kappa shape index (κ1) is 30.3. The van der Waals surface area contributed by atoms with Gasteiger partial charge in [0.1, 0.15) is 0 Å². The van der Waals surface area contributed by atoms with Crippen molar-refractivity contribution < 1.29 is 0 Å². The molecule has 51 heavy (non-hydrogen) atoms. The molecule has 0 aliphatic rings. The third kappa shape index (κ3) is 5.74. The van der Waals surface area contributed by atoms with E-state index < -0.39 is 0 Å². The average molecular weight is 669 g/mol. The molecule has 2 aromatic heterocycles. The number of fused-ring (bicyclic) bond motifs is 3. The van der Waals surface area contributed by atoms with Gasteiger partial charge in [0.2, 0.25) is 0 Å². The van der Waals surface area contributed by atoms with Crippen molar-refractivity contribution in [2.45, 2.75) is 0 Å². The molecular formula is C46H28N4S. The van der Waals surface area contributed by atoms with Gasteiger partial charge in [-0.25, -0.2) is 19.8 Å². The van der Waals surface area contributed by atoms with Crippen LogP contribution in [0.4, 0.5) is 5.69 Å². The predicted molar refractivity (Wildman–Crippen MR) is 212 cm³/mol. The number of thiophene rings is 1. The molecule has 0 spiro atoms. The maximum absolute atomic E-state index is 7.48. The first-order valence-corrected chi connectivity index (χ1v) is 17.5. The maximum atomic E-state index is 7.48. The molecule has 2 heterocycles. The number of hydrogen-bond acceptors (Lipinski definition) is 4. The summed E-state index contributed by atoms with van der Waals surface area (Å²) in [4.78, 5) is 18.6. The standard InChI is InChI=1S/C46H28N4S/c1-47-37-25-23-32(24-26-37)42-38(27-28-41-43(42)39-17-8-9-18-40(39)51-41)31-19-21-34(22-20-31)45-48-44(33-13-6-3-7-14-33)49-46(50-45)36-16-10-15-35(29-36)30-11-4-2-5-12-30/h2-29H. The minimum Gasteiger partial charge on any atom is -0.238 e. The number of rotatable bonds is 6. The smallest absolute Gasteiger partial charge is 0.187 e. The molecule has 7 aromatic carbocycles. The van der Waals surface area contributed by atoms with E-state index in [0.717, 1.165) is 44.5 Å². The molecule has 238 valence electrons. The minimum absolute atomic E-state index is 0.616. The van der Waals surface area contributed by atoms with E-state index in [4.69, 9.17) is 21.5 Å². The Labute approximate surface area is 299 Å². The van der Waals surface area contributed by atoms with E-state index in [2.05, 4.69) is 126 Å². The zero-order valence-electron chi connectivity index (χ0n) is 27.4. The summed E-state index contributed by atoms with van der Waals surface area (Å²) in [6, 6.07) is 58.3. The van der Waals surface area contributed by atoms with Crippen molar-refractivity contribution in [3.8, 4) is 67.5 Å². The molecule has 0 aliphatic heterocycles. The zero-order valence-corrected chi connectivity index (χ0v) is 28.2. The molecule has 0 bridgehead atoms. The van der Waals surface area contributed by atoms with Gasteiger partial charge in [-0.2, -0.15) is 0 Å². The Morgan fingerprint density at radius 2 is 0.961 bits per heavy atom. The summed E-state index contributed by atoms with van der Waals surface area (Å²) in [5.41, 5.74) is 10.1. The largest absolute Gasteiger partial charge is 0.238 e. The van der Waals surface area contributed by atoms with Crippen LogP contribution in [0.3, 0.4) is 0 Å². The van der Waals surface area contributed by atoms with Crippen molar-refractivity contribution in [2.24, 2.45) is 0 Å². The summed E-state index contributed by atoms with van der Waals surface area (Å²) >= 11 is 1.81. The van der Waals surface area contributed by atoms with Crippen molar-refractivity contribution in [1.29, 1.82) is 0 Å². The molecule has 0 aliphatic carbocycles. The van der Waals surface area contributed by atoms with Crippen LogP contribution in [0.5, 0.6) is 0 Å². The number of nitrogens with zero attached hydrogens (tertiary/aromatic N) is 4. The van der Waals surface area contributed by atoms with Gasteiger partial charge in [-0.1, -0.05) is 152 Å². The molecule has 0 amide bonds. The summed E-state index contributed by atoms with van der Waals surface area (Å²) in [7, 11) is 0. The van der Waals surface area contributed by atoms with Crippen molar-refractivity contribution in [2.75, 3.05) is 0 Å². The van der Waals surface area contributed by atoms with Gasteiger partial charge >= 0.3 is 0 Å². The molecule has 0 unspecified atom stereocenters. The van der Waals surface area contributed by atoms with Crippen molar-refractivity contribution in [1.82, 2.24) is 15.0 Å². The lowest BCUT2D eigenvalue weighted by molar-refractivity contribution is 1.07. The predicted octanol–water partition coefficient (Wildman–Crippen LogP) is 12.8. The first-order valence-electron chi connectivity index (χ1n) is 16.7. The molecule has 0 N–H and O–H groups in total. The van der Waals surface area contributed by atoms with Gasteiger partial charge in [0.05, 0.1) is 6.57 Å². The molecule has 4 nitrogen and oxygen atoms in total. The normalized spacial score (nSPS) is 11.1. The van der Waals surface area contributed by atoms with Gasteiger partial charge in [0, 0.05) is 36.9 Å². The van der Waals surface area contributed by atoms with Crippen molar-refractivity contribution >= 4 is 37.2 Å². The molecule has 5 heteroatoms. The second-order valence-corrected chi connectivity index (χ2v) is 13.4. The molecular weight excluding hydrogens is 641 g/mol. The minimum atomic E-state index is 0.616. The fourth-order valence-electron chi connectivity index (χ4n) is 6.68. The van der Waals surface area contributed by atoms with Crippen LogP contribution in [-0.4, -0.2) is 15.0 Å². The van der Waals surface area contributed by atoms with Gasteiger partial charge in [0.25, 0.3) is 0 Å². The topological polar surface area (TPSA) is 43.0 Å². The zero-order chi connectivity index (χ0) is 34.1. The SMILES string of the molecule is [C-]#[N+]c1ccc(-c2c(-c3ccc(-c4nc(-c5ccccc5)nc(-c5cccc(-c6ccccc6)c5)n4)cc3)ccc3sc4ccccc4c23)cc1. The molecule has 0 saturated carbocycles. The van der Waals surface area contributed by atoms with E-state index in [1.165, 1.54) is 25.7 Å². The highest BCUT2D eigenvalue weighted by Crippen LogP contribution is 2.45. The Kier molecular flexibility index (Phi) is 7.70. The molecule has 0 fully saturated rings. The Hall–Kier alpha value is -6.74. The number of benzene rings is 7. The molecule has 0 saturated heterocycles. The fraction of sp³-hybridized carbons (Fsp3) is 0. The van der Waals surface area contributed by atoms with Crippen LogP contribution in [0.1, 0.15) is 0 Å². The number of aromatic nitrogens is 3. The van der Waals surface area contributed by atoms with Gasteiger partial charge in [-0.3, -0.25) is 0 Å². The highest BCUT2D eigenvalue weighted by molar-refractivity contribution is 7.26. The summed E-state index contributed by atoms with van der Waals surface area (Å²) in [6.45, 7) is 7.48. The van der Waals surface area contributed by atoms with Crippen LogP contribution >= 0.6 is 11.3 Å². The Balaban J connectivity index is 1.17. The van der Waals surface area contributed by atoms with E-state index >= 15 is 0 Å². The lowest BCUT2D eigenvalue weighted by Crippen LogP contribution is -2.00. The Morgan fingerprint density at radius 3 is 1.67 bits per heavy atom. The summed E-state index contributed by atoms with van der Waals surface area (Å²) in [5, 5.41) is 2.47. The summed E-state index contributed by atoms with van der Waals surface area (Å²) in [6.07, 6.45) is 0. The second kappa shape index (κ2) is 12.9. The van der Waals surface area contributed by atoms with Crippen molar-refractivity contribution in [3.05, 3.63) is 181 Å². The summed E-state index contributed by atoms with van der Waals surface area (Å²) < 4.78 is 2.50. The quantitative estimate of drug-likeness (QED) is 0.166. The summed E-state index contributed by atoms with van der Waals surface area (Å²) in [5.74, 6) is 1.87. The van der Waals surface area contributed by atoms with Crippen LogP contribution in [0, 0.1) is 6.57 Å². The maximum Gasteiger partial charge on any atom is 0.187 e. The van der Waals surface area contributed by atoms with Crippen LogP contribution in [0.15, 0.2) is 170 Å². The Morgan fingerprint density at radius 1 is 0.412 bits per heavy atom. The molecule has 0 atom stereocenters. The van der Waals surface area contributed by atoms with Crippen LogP contribution in [0.25, 0.3) is 92.6 Å². The van der Waals surface area contributed by atoms with Gasteiger partial charge in [-0.15, -0.1) is 11.3 Å². The van der Waals surface area contributed by atoms with E-state index in [9.17, 15) is 0 Å². The van der Waals surface area contributed by atoms with Crippen LogP contribution in [0.2, 0.25) is 0 Å². The van der Waals surface area contributed by atoms with Crippen LogP contribution in [-0.2, 0) is 0 Å². The second-order valence-electron chi connectivity index (χ2n) is 12.3. The van der Waals surface area contributed by atoms with Crippen molar-refractivity contribution in [3.63, 3.8) is 0 Å². The van der Waals surface area contributed by atoms with Gasteiger partial charge in [0.15, 0.2) is 23.2 Å². The van der Waals surface area contributed by atoms with E-state index in [0.29, 0.717) is 23.2 Å². The van der Waals surface area contributed by atoms with E-state index in [-0.39, 0.29) is 0 Å². The fourth-order valence-corrected chi connectivity index (χ4v) is 7.79. The number of hydrogen-bond donors (Lipinski definition) is 0. The molecule has 9 rings (SSSR count). The average Bonchev–Trinajstić information content (AvgIpc) is 3.60. The first-order chi connectivity index (χ1) is 25.2. The third-order valence-electron chi connectivity index (χ3n) is 9.18. The highest BCUT2D eigenvalue weighted by atomic mass is 32.1. The lowest BCUT2D eigenvalue weighted by Gasteiger charge is -2.14. The Bertz CT molecular complexity index is 2730. The van der Waals surface area contributed by atoms with Gasteiger partial charge in [-0.05, 0) is 51.6 Å². The monoisotopic (exact) mass is 668 g/mol. The molecule has 0 radical (unpaired) electrons. The van der Waals surface area contributed by atoms with E-state index in [1.807, 2.05) is 59.9 Å². The van der Waals surface area contributed by atoms with Gasteiger partial charge < -0.3 is 0 Å².